The fourth-order valence-electron chi connectivity index (χ4n) is 5.74. The van der Waals surface area contributed by atoms with E-state index in [-0.39, 0.29) is 39.5 Å². The van der Waals surface area contributed by atoms with E-state index in [2.05, 4.69) is 33.0 Å². The van der Waals surface area contributed by atoms with Crippen LogP contribution in [0.1, 0.15) is 25.3 Å². The van der Waals surface area contributed by atoms with Gasteiger partial charge in [0.25, 0.3) is 0 Å². The number of terminal acetylenes is 1. The predicted molar refractivity (Wildman–Crippen MR) is 135 cm³/mol. The number of pyridine rings is 2. The SMILES string of the molecule is C#Cc1c(F)ccc2cc(O)cc(-c3ncc4c(N5CC6CCC(C)(C5)N6)cc(OC)nc4c3F)c12. The summed E-state index contributed by atoms with van der Waals surface area (Å²) in [5.41, 5.74) is 0.951. The first-order valence-corrected chi connectivity index (χ1v) is 11.8. The van der Waals surface area contributed by atoms with Gasteiger partial charge in [0.1, 0.15) is 22.8 Å². The average molecular weight is 487 g/mol. The lowest BCUT2D eigenvalue weighted by molar-refractivity contribution is 0.349. The molecule has 8 heteroatoms. The van der Waals surface area contributed by atoms with Crippen molar-refractivity contribution in [2.45, 2.75) is 31.3 Å². The third-order valence-corrected chi connectivity index (χ3v) is 7.33. The predicted octanol–water partition coefficient (Wildman–Crippen LogP) is 4.75. The first-order valence-electron chi connectivity index (χ1n) is 11.8. The number of hydrogen-bond acceptors (Lipinski definition) is 6. The Morgan fingerprint density at radius 2 is 2.11 bits per heavy atom. The number of aromatic nitrogens is 2. The molecule has 2 N–H and O–H groups in total. The Bertz CT molecular complexity index is 1600. The largest absolute Gasteiger partial charge is 0.508 e. The molecule has 2 saturated heterocycles. The summed E-state index contributed by atoms with van der Waals surface area (Å²) in [6, 6.07) is 7.68. The number of aromatic hydroxyl groups is 1. The van der Waals surface area contributed by atoms with Crippen LogP contribution in [0.2, 0.25) is 0 Å². The molecule has 2 atom stereocenters. The van der Waals surface area contributed by atoms with E-state index in [1.807, 2.05) is 6.07 Å². The highest BCUT2D eigenvalue weighted by atomic mass is 19.1. The van der Waals surface area contributed by atoms with Crippen LogP contribution in [0.3, 0.4) is 0 Å². The Balaban J connectivity index is 1.59. The monoisotopic (exact) mass is 486 g/mol. The molecule has 2 fully saturated rings. The normalized spacial score (nSPS) is 21.2. The molecule has 36 heavy (non-hydrogen) atoms. The van der Waals surface area contributed by atoms with Gasteiger partial charge in [-0.2, -0.15) is 0 Å². The van der Waals surface area contributed by atoms with E-state index in [4.69, 9.17) is 11.2 Å². The lowest BCUT2D eigenvalue weighted by atomic mass is 9.95. The lowest BCUT2D eigenvalue weighted by Gasteiger charge is -2.41. The van der Waals surface area contributed by atoms with E-state index in [9.17, 15) is 9.50 Å². The maximum atomic E-state index is 16.2. The number of anilines is 1. The fourth-order valence-corrected chi connectivity index (χ4v) is 5.74. The van der Waals surface area contributed by atoms with E-state index in [0.717, 1.165) is 31.6 Å². The van der Waals surface area contributed by atoms with E-state index in [0.29, 0.717) is 22.2 Å². The van der Waals surface area contributed by atoms with Crippen LogP contribution in [0, 0.1) is 24.0 Å². The second-order valence-corrected chi connectivity index (χ2v) is 9.85. The van der Waals surface area contributed by atoms with Crippen LogP contribution < -0.4 is 15.0 Å². The topological polar surface area (TPSA) is 70.5 Å². The van der Waals surface area contributed by atoms with Crippen molar-refractivity contribution in [3.05, 3.63) is 53.7 Å². The summed E-state index contributed by atoms with van der Waals surface area (Å²) < 4.78 is 36.2. The van der Waals surface area contributed by atoms with Crippen LogP contribution in [0.5, 0.6) is 11.6 Å². The van der Waals surface area contributed by atoms with Crippen molar-refractivity contribution < 1.29 is 18.6 Å². The Hall–Kier alpha value is -3.96. The molecule has 182 valence electrons. The van der Waals surface area contributed by atoms with Crippen molar-refractivity contribution in [3.8, 4) is 35.2 Å². The molecule has 4 aromatic rings. The van der Waals surface area contributed by atoms with E-state index in [1.165, 1.54) is 31.4 Å². The lowest BCUT2D eigenvalue weighted by Crippen LogP contribution is -2.58. The molecule has 0 radical (unpaired) electrons. The number of hydrogen-bond donors (Lipinski definition) is 2. The molecule has 0 aliphatic carbocycles. The summed E-state index contributed by atoms with van der Waals surface area (Å²) in [6.07, 6.45) is 9.34. The van der Waals surface area contributed by atoms with Crippen molar-refractivity contribution in [2.75, 3.05) is 25.1 Å². The smallest absolute Gasteiger partial charge is 0.215 e. The van der Waals surface area contributed by atoms with Crippen molar-refractivity contribution in [3.63, 3.8) is 0 Å². The minimum atomic E-state index is -0.698. The van der Waals surface area contributed by atoms with Crippen LogP contribution in [0.15, 0.2) is 36.5 Å². The molecule has 0 spiro atoms. The second-order valence-electron chi connectivity index (χ2n) is 9.85. The molecule has 0 saturated carbocycles. The number of piperazine rings is 1. The fraction of sp³-hybridized carbons (Fsp3) is 0.286. The number of methoxy groups -OCH3 is 1. The molecule has 0 amide bonds. The van der Waals surface area contributed by atoms with Gasteiger partial charge >= 0.3 is 0 Å². The summed E-state index contributed by atoms with van der Waals surface area (Å²) in [5.74, 6) is 1.21. The van der Waals surface area contributed by atoms with Crippen LogP contribution in [0.4, 0.5) is 14.5 Å². The zero-order valence-corrected chi connectivity index (χ0v) is 19.9. The molecule has 2 aliphatic heterocycles. The molecular formula is C28H24F2N4O2. The first kappa shape index (κ1) is 22.5. The van der Waals surface area contributed by atoms with Gasteiger partial charge in [0.15, 0.2) is 5.82 Å². The number of rotatable bonds is 3. The molecule has 4 heterocycles. The first-order chi connectivity index (χ1) is 17.3. The van der Waals surface area contributed by atoms with Crippen molar-refractivity contribution in [2.24, 2.45) is 0 Å². The minimum Gasteiger partial charge on any atom is -0.508 e. The summed E-state index contributed by atoms with van der Waals surface area (Å²) in [4.78, 5) is 11.1. The number of benzene rings is 2. The zero-order chi connectivity index (χ0) is 25.2. The molecule has 2 aromatic carbocycles. The van der Waals surface area contributed by atoms with Gasteiger partial charge in [0, 0.05) is 53.3 Å². The standard InChI is InChI=1S/C28H24F2N4O2/c1-4-18-21(29)6-5-15-9-17(35)10-19(24(15)18)26-25(30)27-20(12-31-26)22(11-23(32-27)36-3)34-13-16-7-8-28(2,14-34)33-16/h1,5-6,9-12,16,33,35H,7-8,13-14H2,2-3H3. The van der Waals surface area contributed by atoms with Gasteiger partial charge in [-0.3, -0.25) is 4.98 Å². The summed E-state index contributed by atoms with van der Waals surface area (Å²) in [7, 11) is 1.49. The van der Waals surface area contributed by atoms with Gasteiger partial charge in [-0.1, -0.05) is 12.0 Å². The number of phenolic OH excluding ortho intramolecular Hbond substituents is 1. The Labute approximate surface area is 206 Å². The van der Waals surface area contributed by atoms with Crippen LogP contribution in [-0.4, -0.2) is 46.9 Å². The second kappa shape index (κ2) is 8.04. The maximum absolute atomic E-state index is 16.2. The Morgan fingerprint density at radius 3 is 2.86 bits per heavy atom. The quantitative estimate of drug-likeness (QED) is 0.407. The molecule has 6 nitrogen and oxygen atoms in total. The summed E-state index contributed by atoms with van der Waals surface area (Å²) in [6.45, 7) is 3.74. The highest BCUT2D eigenvalue weighted by Crippen LogP contribution is 2.40. The summed E-state index contributed by atoms with van der Waals surface area (Å²) in [5, 5.41) is 15.3. The number of phenols is 1. The van der Waals surface area contributed by atoms with Crippen LogP contribution in [0.25, 0.3) is 32.9 Å². The average Bonchev–Trinajstić information content (AvgIpc) is 3.14. The van der Waals surface area contributed by atoms with Crippen molar-refractivity contribution in [1.29, 1.82) is 0 Å². The van der Waals surface area contributed by atoms with Gasteiger partial charge in [0.05, 0.1) is 18.4 Å². The molecular weight excluding hydrogens is 462 g/mol. The molecule has 6 rings (SSSR count). The molecule has 2 unspecified atom stereocenters. The van der Waals surface area contributed by atoms with Gasteiger partial charge in [0.2, 0.25) is 5.88 Å². The molecule has 2 bridgehead atoms. The van der Waals surface area contributed by atoms with Crippen LogP contribution >= 0.6 is 0 Å². The highest BCUT2D eigenvalue weighted by molar-refractivity contribution is 6.03. The van der Waals surface area contributed by atoms with Gasteiger partial charge in [-0.05, 0) is 43.4 Å². The van der Waals surface area contributed by atoms with E-state index in [1.54, 1.807) is 6.20 Å². The van der Waals surface area contributed by atoms with E-state index < -0.39 is 11.6 Å². The molecule has 2 aliphatic rings. The Kier molecular flexibility index (Phi) is 5.02. The van der Waals surface area contributed by atoms with E-state index >= 15 is 4.39 Å². The minimum absolute atomic E-state index is 0.0200. The third-order valence-electron chi connectivity index (χ3n) is 7.33. The number of fused-ring (bicyclic) bond motifs is 4. The third kappa shape index (κ3) is 3.42. The number of nitrogens with one attached hydrogen (secondary N) is 1. The van der Waals surface area contributed by atoms with Gasteiger partial charge in [-0.15, -0.1) is 6.42 Å². The zero-order valence-electron chi connectivity index (χ0n) is 19.9. The van der Waals surface area contributed by atoms with Crippen molar-refractivity contribution in [1.82, 2.24) is 15.3 Å². The molecule has 2 aromatic heterocycles. The number of ether oxygens (including phenoxy) is 1. The van der Waals surface area contributed by atoms with Crippen molar-refractivity contribution >= 4 is 27.4 Å². The van der Waals surface area contributed by atoms with Gasteiger partial charge < -0.3 is 20.1 Å². The van der Waals surface area contributed by atoms with Crippen LogP contribution in [-0.2, 0) is 0 Å². The highest BCUT2D eigenvalue weighted by Gasteiger charge is 2.41. The Morgan fingerprint density at radius 1 is 1.28 bits per heavy atom. The number of nitrogens with zero attached hydrogens (tertiary/aromatic N) is 3. The maximum Gasteiger partial charge on any atom is 0.215 e. The number of halogens is 2. The van der Waals surface area contributed by atoms with Gasteiger partial charge in [-0.25, -0.2) is 13.8 Å². The summed E-state index contributed by atoms with van der Waals surface area (Å²) >= 11 is 0.